The zero-order chi connectivity index (χ0) is 12.0. The second-order valence-corrected chi connectivity index (χ2v) is 6.47. The first-order valence-electron chi connectivity index (χ1n) is 5.87. The quantitative estimate of drug-likeness (QED) is 0.812. The lowest BCUT2D eigenvalue weighted by Gasteiger charge is -2.01. The Hall–Kier alpha value is -0.0600. The molecule has 0 amide bonds. The average molecular weight is 258 g/mol. The topological polar surface area (TPSA) is 24.9 Å². The first kappa shape index (κ1) is 14.0. The van der Waals surface area contributed by atoms with Gasteiger partial charge in [0.1, 0.15) is 5.01 Å². The summed E-state index contributed by atoms with van der Waals surface area (Å²) in [5.74, 6) is 3.06. The summed E-state index contributed by atoms with van der Waals surface area (Å²) in [6.45, 7) is 7.66. The molecule has 0 aliphatic carbocycles. The molecule has 1 aromatic heterocycles. The van der Waals surface area contributed by atoms with E-state index < -0.39 is 0 Å². The lowest BCUT2D eigenvalue weighted by Crippen LogP contribution is -2.05. The SMILES string of the molecule is CCc1nc(CSCC(C)C)sc1CNC. The van der Waals surface area contributed by atoms with Crippen molar-refractivity contribution in [2.45, 2.75) is 39.5 Å². The fourth-order valence-electron chi connectivity index (χ4n) is 1.46. The van der Waals surface area contributed by atoms with Crippen molar-refractivity contribution in [2.75, 3.05) is 12.8 Å². The summed E-state index contributed by atoms with van der Waals surface area (Å²) >= 11 is 3.86. The van der Waals surface area contributed by atoms with Crippen LogP contribution in [0.1, 0.15) is 36.3 Å². The van der Waals surface area contributed by atoms with E-state index in [4.69, 9.17) is 4.98 Å². The lowest BCUT2D eigenvalue weighted by molar-refractivity contribution is 0.750. The van der Waals surface area contributed by atoms with E-state index in [1.165, 1.54) is 21.3 Å². The number of aromatic nitrogens is 1. The summed E-state index contributed by atoms with van der Waals surface area (Å²) < 4.78 is 0. The predicted octanol–water partition coefficient (Wildman–Crippen LogP) is 3.31. The standard InChI is InChI=1S/C12H22N2S2/c1-5-10-11(6-13-4)16-12(14-10)8-15-7-9(2)3/h9,13H,5-8H2,1-4H3. The highest BCUT2D eigenvalue weighted by Gasteiger charge is 2.09. The molecule has 0 unspecified atom stereocenters. The predicted molar refractivity (Wildman–Crippen MR) is 75.3 cm³/mol. The maximum atomic E-state index is 4.70. The second-order valence-electron chi connectivity index (χ2n) is 4.27. The Morgan fingerprint density at radius 1 is 1.44 bits per heavy atom. The number of rotatable bonds is 7. The monoisotopic (exact) mass is 258 g/mol. The van der Waals surface area contributed by atoms with E-state index in [1.807, 2.05) is 30.1 Å². The summed E-state index contributed by atoms with van der Waals surface area (Å²) in [4.78, 5) is 6.11. The number of hydrogen-bond acceptors (Lipinski definition) is 4. The summed E-state index contributed by atoms with van der Waals surface area (Å²) in [5.41, 5.74) is 1.28. The fraction of sp³-hybridized carbons (Fsp3) is 0.750. The molecule has 1 aromatic rings. The van der Waals surface area contributed by atoms with Gasteiger partial charge in [-0.25, -0.2) is 4.98 Å². The van der Waals surface area contributed by atoms with Gasteiger partial charge < -0.3 is 5.32 Å². The molecular formula is C12H22N2S2. The van der Waals surface area contributed by atoms with Gasteiger partial charge in [0.15, 0.2) is 0 Å². The molecule has 0 radical (unpaired) electrons. The highest BCUT2D eigenvalue weighted by atomic mass is 32.2. The van der Waals surface area contributed by atoms with Crippen LogP contribution >= 0.6 is 23.1 Å². The Labute approximate surface area is 107 Å². The third-order valence-electron chi connectivity index (χ3n) is 2.17. The molecule has 0 atom stereocenters. The number of nitrogens with one attached hydrogen (secondary N) is 1. The molecule has 0 fully saturated rings. The van der Waals surface area contributed by atoms with Crippen LogP contribution in [0.15, 0.2) is 0 Å². The van der Waals surface area contributed by atoms with Crippen LogP contribution in [0.4, 0.5) is 0 Å². The zero-order valence-corrected chi connectivity index (χ0v) is 12.3. The molecule has 0 bridgehead atoms. The highest BCUT2D eigenvalue weighted by molar-refractivity contribution is 7.98. The molecule has 2 nitrogen and oxygen atoms in total. The van der Waals surface area contributed by atoms with Gasteiger partial charge >= 0.3 is 0 Å². The van der Waals surface area contributed by atoms with E-state index >= 15 is 0 Å². The van der Waals surface area contributed by atoms with Crippen molar-refractivity contribution < 1.29 is 0 Å². The summed E-state index contributed by atoms with van der Waals surface area (Å²) in [5, 5.41) is 4.49. The summed E-state index contributed by atoms with van der Waals surface area (Å²) in [6, 6.07) is 0. The largest absolute Gasteiger partial charge is 0.315 e. The normalized spacial score (nSPS) is 11.3. The highest BCUT2D eigenvalue weighted by Crippen LogP contribution is 2.23. The smallest absolute Gasteiger partial charge is 0.103 e. The van der Waals surface area contributed by atoms with E-state index in [-0.39, 0.29) is 0 Å². The van der Waals surface area contributed by atoms with Crippen LogP contribution in [-0.4, -0.2) is 17.8 Å². The molecule has 0 aromatic carbocycles. The van der Waals surface area contributed by atoms with Crippen molar-refractivity contribution >= 4 is 23.1 Å². The summed E-state index contributed by atoms with van der Waals surface area (Å²) in [6.07, 6.45) is 1.04. The van der Waals surface area contributed by atoms with Crippen molar-refractivity contribution in [1.29, 1.82) is 0 Å². The van der Waals surface area contributed by atoms with Crippen LogP contribution in [0.5, 0.6) is 0 Å². The minimum Gasteiger partial charge on any atom is -0.315 e. The van der Waals surface area contributed by atoms with Crippen LogP contribution in [0.3, 0.4) is 0 Å². The van der Waals surface area contributed by atoms with Gasteiger partial charge in [-0.1, -0.05) is 20.8 Å². The van der Waals surface area contributed by atoms with Crippen molar-refractivity contribution in [3.63, 3.8) is 0 Å². The molecule has 1 heterocycles. The molecule has 4 heteroatoms. The van der Waals surface area contributed by atoms with Gasteiger partial charge in [0, 0.05) is 17.2 Å². The number of aryl methyl sites for hydroxylation is 1. The van der Waals surface area contributed by atoms with Gasteiger partial charge in [0.25, 0.3) is 0 Å². The second kappa shape index (κ2) is 7.30. The maximum Gasteiger partial charge on any atom is 0.103 e. The van der Waals surface area contributed by atoms with Gasteiger partial charge in [0.05, 0.1) is 5.69 Å². The Kier molecular flexibility index (Phi) is 6.39. The van der Waals surface area contributed by atoms with E-state index in [2.05, 4.69) is 26.1 Å². The van der Waals surface area contributed by atoms with Crippen LogP contribution in [0.25, 0.3) is 0 Å². The molecule has 0 saturated heterocycles. The van der Waals surface area contributed by atoms with E-state index in [9.17, 15) is 0 Å². The number of thiazole rings is 1. The van der Waals surface area contributed by atoms with Crippen molar-refractivity contribution in [1.82, 2.24) is 10.3 Å². The molecule has 0 aliphatic heterocycles. The van der Waals surface area contributed by atoms with E-state index in [1.54, 1.807) is 0 Å². The van der Waals surface area contributed by atoms with E-state index in [0.717, 1.165) is 24.6 Å². The summed E-state index contributed by atoms with van der Waals surface area (Å²) in [7, 11) is 1.99. The molecule has 1 rings (SSSR count). The minimum atomic E-state index is 0.771. The first-order chi connectivity index (χ1) is 7.67. The third-order valence-corrected chi connectivity index (χ3v) is 4.83. The Balaban J connectivity index is 2.53. The third kappa shape index (κ3) is 4.44. The molecule has 16 heavy (non-hydrogen) atoms. The van der Waals surface area contributed by atoms with Crippen molar-refractivity contribution in [3.8, 4) is 0 Å². The molecule has 1 N–H and O–H groups in total. The van der Waals surface area contributed by atoms with Crippen molar-refractivity contribution in [2.24, 2.45) is 5.92 Å². The van der Waals surface area contributed by atoms with Gasteiger partial charge in [-0.05, 0) is 25.1 Å². The van der Waals surface area contributed by atoms with Crippen LogP contribution in [0.2, 0.25) is 0 Å². The Morgan fingerprint density at radius 2 is 2.19 bits per heavy atom. The van der Waals surface area contributed by atoms with Gasteiger partial charge in [0.2, 0.25) is 0 Å². The fourth-order valence-corrected chi connectivity index (χ4v) is 3.73. The zero-order valence-electron chi connectivity index (χ0n) is 10.7. The molecule has 0 saturated carbocycles. The van der Waals surface area contributed by atoms with E-state index in [0.29, 0.717) is 0 Å². The molecular weight excluding hydrogens is 236 g/mol. The van der Waals surface area contributed by atoms with Crippen LogP contribution in [0, 0.1) is 5.92 Å². The number of nitrogens with zero attached hydrogens (tertiary/aromatic N) is 1. The molecule has 92 valence electrons. The van der Waals surface area contributed by atoms with Gasteiger partial charge in [-0.15, -0.1) is 11.3 Å². The maximum absolute atomic E-state index is 4.70. The van der Waals surface area contributed by atoms with Gasteiger partial charge in [-0.2, -0.15) is 11.8 Å². The number of thioether (sulfide) groups is 1. The molecule has 0 aliphatic rings. The molecule has 0 spiro atoms. The van der Waals surface area contributed by atoms with Gasteiger partial charge in [-0.3, -0.25) is 0 Å². The van der Waals surface area contributed by atoms with Crippen LogP contribution in [-0.2, 0) is 18.7 Å². The lowest BCUT2D eigenvalue weighted by atomic mass is 10.3. The Morgan fingerprint density at radius 3 is 2.75 bits per heavy atom. The average Bonchev–Trinajstić information content (AvgIpc) is 2.61. The number of hydrogen-bond donors (Lipinski definition) is 1. The van der Waals surface area contributed by atoms with Crippen molar-refractivity contribution in [3.05, 3.63) is 15.6 Å². The Bertz CT molecular complexity index is 308. The minimum absolute atomic E-state index is 0.771. The van der Waals surface area contributed by atoms with Crippen LogP contribution < -0.4 is 5.32 Å². The first-order valence-corrected chi connectivity index (χ1v) is 7.84.